The van der Waals surface area contributed by atoms with Crippen molar-refractivity contribution in [3.8, 4) is 0 Å². The predicted octanol–water partition coefficient (Wildman–Crippen LogP) is 4.77. The summed E-state index contributed by atoms with van der Waals surface area (Å²) < 4.78 is 0.709. The first kappa shape index (κ1) is 15.0. The molecule has 0 radical (unpaired) electrons. The molecule has 1 unspecified atom stereocenters. The maximum absolute atomic E-state index is 10.7. The highest BCUT2D eigenvalue weighted by Gasteiger charge is 2.11. The molecule has 1 aromatic heterocycles. The molecule has 0 saturated carbocycles. The highest BCUT2D eigenvalue weighted by molar-refractivity contribution is 9.10. The molecule has 1 aromatic carbocycles. The number of rotatable bonds is 5. The Morgan fingerprint density at radius 3 is 2.70 bits per heavy atom. The second-order valence-corrected chi connectivity index (χ2v) is 6.91. The van der Waals surface area contributed by atoms with Crippen molar-refractivity contribution in [3.63, 3.8) is 0 Å². The minimum Gasteiger partial charge on any atom is -0.381 e. The number of halogens is 1. The minimum absolute atomic E-state index is 0.0870. The van der Waals surface area contributed by atoms with E-state index < -0.39 is 4.92 Å². The number of aryl methyl sites for hydroxylation is 1. The molecular formula is C14H15BrN2O2S. The van der Waals surface area contributed by atoms with Crippen molar-refractivity contribution in [1.29, 1.82) is 0 Å². The lowest BCUT2D eigenvalue weighted by atomic mass is 10.2. The average molecular weight is 355 g/mol. The first-order valence-electron chi connectivity index (χ1n) is 6.21. The Hall–Kier alpha value is -1.40. The van der Waals surface area contributed by atoms with E-state index in [1.54, 1.807) is 17.4 Å². The van der Waals surface area contributed by atoms with Crippen LogP contribution in [0.15, 0.2) is 34.8 Å². The molecule has 0 saturated heterocycles. The van der Waals surface area contributed by atoms with Gasteiger partial charge in [0.25, 0.3) is 5.69 Å². The van der Waals surface area contributed by atoms with Crippen LogP contribution in [0.25, 0.3) is 0 Å². The molecule has 1 atom stereocenters. The standard InChI is InChI=1S/C14H15BrN2O2S/c1-9(7-12-5-3-10(2)20-12)16-14-6-4-11(17(18)19)8-13(14)15/h3-6,8-9,16H,7H2,1-2H3. The molecule has 0 amide bonds. The number of nitrogens with one attached hydrogen (secondary N) is 1. The summed E-state index contributed by atoms with van der Waals surface area (Å²) >= 11 is 5.17. The smallest absolute Gasteiger partial charge is 0.270 e. The first-order chi connectivity index (χ1) is 9.45. The summed E-state index contributed by atoms with van der Waals surface area (Å²) in [5.74, 6) is 0. The maximum Gasteiger partial charge on any atom is 0.270 e. The van der Waals surface area contributed by atoms with E-state index in [1.165, 1.54) is 21.9 Å². The molecule has 1 heterocycles. The number of nitro benzene ring substituents is 1. The molecule has 2 aromatic rings. The molecule has 0 aliphatic carbocycles. The summed E-state index contributed by atoms with van der Waals surface area (Å²) in [6.07, 6.45) is 0.932. The average Bonchev–Trinajstić information content (AvgIpc) is 2.77. The summed E-state index contributed by atoms with van der Waals surface area (Å²) in [6.45, 7) is 4.20. The quantitative estimate of drug-likeness (QED) is 0.621. The number of anilines is 1. The lowest BCUT2D eigenvalue weighted by Crippen LogP contribution is -2.17. The maximum atomic E-state index is 10.7. The summed E-state index contributed by atoms with van der Waals surface area (Å²) in [5.41, 5.74) is 0.959. The van der Waals surface area contributed by atoms with E-state index in [0.29, 0.717) is 4.47 Å². The lowest BCUT2D eigenvalue weighted by molar-refractivity contribution is -0.384. The van der Waals surface area contributed by atoms with Crippen LogP contribution in [-0.2, 0) is 6.42 Å². The van der Waals surface area contributed by atoms with Gasteiger partial charge in [-0.1, -0.05) is 0 Å². The molecule has 6 heteroatoms. The van der Waals surface area contributed by atoms with Gasteiger partial charge in [0.05, 0.1) is 4.92 Å². The van der Waals surface area contributed by atoms with Crippen LogP contribution in [0.1, 0.15) is 16.7 Å². The summed E-state index contributed by atoms with van der Waals surface area (Å²) in [7, 11) is 0. The Morgan fingerprint density at radius 2 is 2.15 bits per heavy atom. The Labute approximate surface area is 130 Å². The van der Waals surface area contributed by atoms with Gasteiger partial charge in [0.2, 0.25) is 0 Å². The van der Waals surface area contributed by atoms with Crippen LogP contribution in [0.4, 0.5) is 11.4 Å². The molecular weight excluding hydrogens is 340 g/mol. The van der Waals surface area contributed by atoms with E-state index in [9.17, 15) is 10.1 Å². The second kappa shape index (κ2) is 6.37. The molecule has 0 aliphatic rings. The summed E-state index contributed by atoms with van der Waals surface area (Å²) in [5, 5.41) is 14.1. The number of benzene rings is 1. The van der Waals surface area contributed by atoms with Crippen LogP contribution in [0.2, 0.25) is 0 Å². The van der Waals surface area contributed by atoms with Crippen molar-refractivity contribution in [3.05, 3.63) is 54.7 Å². The van der Waals surface area contributed by atoms with Gasteiger partial charge in [-0.25, -0.2) is 0 Å². The molecule has 4 nitrogen and oxygen atoms in total. The molecule has 0 fully saturated rings. The zero-order valence-electron chi connectivity index (χ0n) is 11.2. The van der Waals surface area contributed by atoms with Gasteiger partial charge in [-0.15, -0.1) is 11.3 Å². The molecule has 0 bridgehead atoms. The van der Waals surface area contributed by atoms with Crippen molar-refractivity contribution >= 4 is 38.6 Å². The number of nitrogens with zero attached hydrogens (tertiary/aromatic N) is 1. The summed E-state index contributed by atoms with van der Waals surface area (Å²) in [6, 6.07) is 9.28. The molecule has 2 rings (SSSR count). The Bertz CT molecular complexity index is 627. The zero-order valence-corrected chi connectivity index (χ0v) is 13.6. The van der Waals surface area contributed by atoms with Crippen molar-refractivity contribution in [1.82, 2.24) is 0 Å². The number of hydrogen-bond acceptors (Lipinski definition) is 4. The second-order valence-electron chi connectivity index (χ2n) is 4.68. The van der Waals surface area contributed by atoms with E-state index in [4.69, 9.17) is 0 Å². The molecule has 0 aliphatic heterocycles. The van der Waals surface area contributed by atoms with Crippen LogP contribution in [0, 0.1) is 17.0 Å². The number of thiophene rings is 1. The number of nitro groups is 1. The van der Waals surface area contributed by atoms with Gasteiger partial charge < -0.3 is 5.32 Å². The van der Waals surface area contributed by atoms with Gasteiger partial charge in [-0.05, 0) is 48.0 Å². The highest BCUT2D eigenvalue weighted by Crippen LogP contribution is 2.28. The topological polar surface area (TPSA) is 55.2 Å². The van der Waals surface area contributed by atoms with Crippen molar-refractivity contribution in [2.75, 3.05) is 5.32 Å². The van der Waals surface area contributed by atoms with Gasteiger partial charge in [0, 0.05) is 44.5 Å². The van der Waals surface area contributed by atoms with E-state index in [1.807, 2.05) is 0 Å². The van der Waals surface area contributed by atoms with Crippen LogP contribution in [0.3, 0.4) is 0 Å². The van der Waals surface area contributed by atoms with Gasteiger partial charge >= 0.3 is 0 Å². The molecule has 0 spiro atoms. The predicted molar refractivity (Wildman–Crippen MR) is 86.6 cm³/mol. The third kappa shape index (κ3) is 3.80. The fourth-order valence-corrected chi connectivity index (χ4v) is 3.45. The molecule has 106 valence electrons. The fraction of sp³-hybridized carbons (Fsp3) is 0.286. The zero-order chi connectivity index (χ0) is 14.7. The van der Waals surface area contributed by atoms with Crippen LogP contribution in [-0.4, -0.2) is 11.0 Å². The van der Waals surface area contributed by atoms with E-state index in [0.717, 1.165) is 12.1 Å². The van der Waals surface area contributed by atoms with Crippen molar-refractivity contribution in [2.24, 2.45) is 0 Å². The van der Waals surface area contributed by atoms with E-state index >= 15 is 0 Å². The first-order valence-corrected chi connectivity index (χ1v) is 7.82. The van der Waals surface area contributed by atoms with E-state index in [-0.39, 0.29) is 11.7 Å². The Balaban J connectivity index is 2.04. The van der Waals surface area contributed by atoms with Crippen LogP contribution < -0.4 is 5.32 Å². The van der Waals surface area contributed by atoms with Gasteiger partial charge in [-0.2, -0.15) is 0 Å². The number of hydrogen-bond donors (Lipinski definition) is 1. The Morgan fingerprint density at radius 1 is 1.40 bits per heavy atom. The van der Waals surface area contributed by atoms with Crippen LogP contribution in [0.5, 0.6) is 0 Å². The van der Waals surface area contributed by atoms with Gasteiger partial charge in [0.15, 0.2) is 0 Å². The normalized spacial score (nSPS) is 12.2. The minimum atomic E-state index is -0.396. The third-order valence-corrected chi connectivity index (χ3v) is 4.55. The lowest BCUT2D eigenvalue weighted by Gasteiger charge is -2.15. The van der Waals surface area contributed by atoms with Crippen molar-refractivity contribution < 1.29 is 4.92 Å². The number of non-ortho nitro benzene ring substituents is 1. The highest BCUT2D eigenvalue weighted by atomic mass is 79.9. The van der Waals surface area contributed by atoms with Gasteiger partial charge in [0.1, 0.15) is 0 Å². The SMILES string of the molecule is Cc1ccc(CC(C)Nc2ccc([N+](=O)[O-])cc2Br)s1. The third-order valence-electron chi connectivity index (χ3n) is 2.87. The fourth-order valence-electron chi connectivity index (χ4n) is 1.95. The summed E-state index contributed by atoms with van der Waals surface area (Å²) in [4.78, 5) is 12.9. The van der Waals surface area contributed by atoms with Crippen LogP contribution >= 0.6 is 27.3 Å². The largest absolute Gasteiger partial charge is 0.381 e. The van der Waals surface area contributed by atoms with Gasteiger partial charge in [-0.3, -0.25) is 10.1 Å². The van der Waals surface area contributed by atoms with E-state index in [2.05, 4.69) is 47.2 Å². The Kier molecular flexibility index (Phi) is 4.77. The molecule has 1 N–H and O–H groups in total. The monoisotopic (exact) mass is 354 g/mol. The van der Waals surface area contributed by atoms with Crippen molar-refractivity contribution in [2.45, 2.75) is 26.3 Å². The molecule has 20 heavy (non-hydrogen) atoms.